The quantitative estimate of drug-likeness (QED) is 0.761. The Bertz CT molecular complexity index is 627. The fraction of sp³-hybridized carbons (Fsp3) is 0. The van der Waals surface area contributed by atoms with E-state index in [4.69, 9.17) is 10.7 Å². The van der Waals surface area contributed by atoms with Crippen LogP contribution in [0.4, 0.5) is 0 Å². The zero-order chi connectivity index (χ0) is 11.1. The van der Waals surface area contributed by atoms with Crippen LogP contribution < -0.4 is 0 Å². The summed E-state index contributed by atoms with van der Waals surface area (Å²) < 4.78 is 23.0. The molecule has 0 aliphatic rings. The molecule has 0 aliphatic carbocycles. The summed E-state index contributed by atoms with van der Waals surface area (Å²) in [4.78, 5) is 4.20. The second kappa shape index (κ2) is 3.73. The predicted molar refractivity (Wildman–Crippen MR) is 62.5 cm³/mol. The zero-order valence-corrected chi connectivity index (χ0v) is 10.5. The molecule has 0 N–H and O–H groups in total. The Balaban J connectivity index is 2.75. The standard InChI is InChI=1S/C9H5BrClNO2S/c10-7-3-6-4-8(15(11,13)14)1-2-9(6)12-5-7/h1-5H. The van der Waals surface area contributed by atoms with Crippen LogP contribution in [0.25, 0.3) is 10.9 Å². The highest BCUT2D eigenvalue weighted by atomic mass is 79.9. The third-order valence-electron chi connectivity index (χ3n) is 1.90. The summed E-state index contributed by atoms with van der Waals surface area (Å²) in [5, 5.41) is 0.728. The highest BCUT2D eigenvalue weighted by Crippen LogP contribution is 2.22. The largest absolute Gasteiger partial charge is 0.261 e. The second-order valence-electron chi connectivity index (χ2n) is 2.95. The number of hydrogen-bond acceptors (Lipinski definition) is 3. The molecule has 6 heteroatoms. The van der Waals surface area contributed by atoms with Gasteiger partial charge in [-0.1, -0.05) is 0 Å². The van der Waals surface area contributed by atoms with Crippen molar-refractivity contribution in [1.82, 2.24) is 4.98 Å². The van der Waals surface area contributed by atoms with Crippen molar-refractivity contribution in [3.63, 3.8) is 0 Å². The third kappa shape index (κ3) is 2.30. The first-order valence-electron chi connectivity index (χ1n) is 3.97. The molecule has 0 spiro atoms. The number of nitrogens with zero attached hydrogens (tertiary/aromatic N) is 1. The number of fused-ring (bicyclic) bond motifs is 1. The molecule has 0 amide bonds. The summed E-state index contributed by atoms with van der Waals surface area (Å²) in [7, 11) is 1.56. The van der Waals surface area contributed by atoms with E-state index < -0.39 is 9.05 Å². The van der Waals surface area contributed by atoms with Crippen LogP contribution in [0, 0.1) is 0 Å². The van der Waals surface area contributed by atoms with Gasteiger partial charge in [0.05, 0.1) is 10.4 Å². The van der Waals surface area contributed by atoms with Crippen LogP contribution in [0.1, 0.15) is 0 Å². The van der Waals surface area contributed by atoms with E-state index in [1.165, 1.54) is 12.1 Å². The number of halogens is 2. The number of aromatic nitrogens is 1. The maximum atomic E-state index is 11.1. The van der Waals surface area contributed by atoms with Gasteiger partial charge in [0.1, 0.15) is 0 Å². The highest BCUT2D eigenvalue weighted by molar-refractivity contribution is 9.10. The van der Waals surface area contributed by atoms with Crippen LogP contribution in [0.2, 0.25) is 0 Å². The van der Waals surface area contributed by atoms with Crippen molar-refractivity contribution in [3.8, 4) is 0 Å². The minimum Gasteiger partial charge on any atom is -0.255 e. The van der Waals surface area contributed by atoms with Crippen molar-refractivity contribution in [2.24, 2.45) is 0 Å². The molecule has 2 rings (SSSR count). The molecular weight excluding hydrogens is 302 g/mol. The van der Waals surface area contributed by atoms with Gasteiger partial charge in [0.15, 0.2) is 0 Å². The van der Waals surface area contributed by atoms with Crippen molar-refractivity contribution in [2.75, 3.05) is 0 Å². The van der Waals surface area contributed by atoms with Crippen molar-refractivity contribution in [1.29, 1.82) is 0 Å². The van der Waals surface area contributed by atoms with Gasteiger partial charge in [0, 0.05) is 26.7 Å². The van der Waals surface area contributed by atoms with Crippen LogP contribution in [0.15, 0.2) is 39.8 Å². The zero-order valence-electron chi connectivity index (χ0n) is 7.31. The molecular formula is C9H5BrClNO2S. The van der Waals surface area contributed by atoms with E-state index in [2.05, 4.69) is 20.9 Å². The van der Waals surface area contributed by atoms with Gasteiger partial charge in [-0.25, -0.2) is 8.42 Å². The smallest absolute Gasteiger partial charge is 0.255 e. The van der Waals surface area contributed by atoms with Crippen molar-refractivity contribution >= 4 is 46.6 Å². The van der Waals surface area contributed by atoms with E-state index in [1.54, 1.807) is 18.3 Å². The molecule has 1 aromatic carbocycles. The highest BCUT2D eigenvalue weighted by Gasteiger charge is 2.10. The molecule has 0 saturated heterocycles. The Hall–Kier alpha value is -0.650. The van der Waals surface area contributed by atoms with Crippen LogP contribution in [0.5, 0.6) is 0 Å². The lowest BCUT2D eigenvalue weighted by atomic mass is 10.2. The number of rotatable bonds is 1. The van der Waals surface area contributed by atoms with Gasteiger partial charge >= 0.3 is 0 Å². The third-order valence-corrected chi connectivity index (χ3v) is 3.69. The average Bonchev–Trinajstić information content (AvgIpc) is 2.15. The maximum Gasteiger partial charge on any atom is 0.261 e. The van der Waals surface area contributed by atoms with E-state index in [1.807, 2.05) is 0 Å². The molecule has 0 aliphatic heterocycles. The Labute approximate surface area is 99.6 Å². The summed E-state index contributed by atoms with van der Waals surface area (Å²) in [5.74, 6) is 0. The lowest BCUT2D eigenvalue weighted by Crippen LogP contribution is -1.90. The minimum absolute atomic E-state index is 0.0802. The molecule has 0 unspecified atom stereocenters. The van der Waals surface area contributed by atoms with Gasteiger partial charge < -0.3 is 0 Å². The van der Waals surface area contributed by atoms with Crippen molar-refractivity contribution in [2.45, 2.75) is 4.90 Å². The lowest BCUT2D eigenvalue weighted by molar-refractivity contribution is 0.609. The summed E-state index contributed by atoms with van der Waals surface area (Å²) in [6.45, 7) is 0. The topological polar surface area (TPSA) is 47.0 Å². The fourth-order valence-corrected chi connectivity index (χ4v) is 2.37. The molecule has 15 heavy (non-hydrogen) atoms. The Morgan fingerprint density at radius 3 is 2.67 bits per heavy atom. The van der Waals surface area contributed by atoms with Gasteiger partial charge in [0.25, 0.3) is 9.05 Å². The van der Waals surface area contributed by atoms with Gasteiger partial charge in [0.2, 0.25) is 0 Å². The van der Waals surface area contributed by atoms with E-state index in [0.717, 1.165) is 15.4 Å². The maximum absolute atomic E-state index is 11.1. The molecule has 0 atom stereocenters. The Kier molecular flexibility index (Phi) is 2.70. The van der Waals surface area contributed by atoms with Crippen LogP contribution >= 0.6 is 26.6 Å². The lowest BCUT2D eigenvalue weighted by Gasteiger charge is -2.00. The van der Waals surface area contributed by atoms with Crippen molar-refractivity contribution in [3.05, 3.63) is 34.9 Å². The molecule has 0 bridgehead atoms. The normalized spacial score (nSPS) is 11.9. The summed E-state index contributed by atoms with van der Waals surface area (Å²) in [6, 6.07) is 6.34. The molecule has 0 fully saturated rings. The summed E-state index contributed by atoms with van der Waals surface area (Å²) in [6.07, 6.45) is 1.65. The Morgan fingerprint density at radius 2 is 2.00 bits per heavy atom. The SMILES string of the molecule is O=S(=O)(Cl)c1ccc2ncc(Br)cc2c1. The first-order chi connectivity index (χ1) is 6.97. The predicted octanol–water partition coefficient (Wildman–Crippen LogP) is 2.92. The van der Waals surface area contributed by atoms with Crippen LogP contribution in [-0.2, 0) is 9.05 Å². The number of hydrogen-bond donors (Lipinski definition) is 0. The van der Waals surface area contributed by atoms with Gasteiger partial charge in [-0.3, -0.25) is 4.98 Å². The summed E-state index contributed by atoms with van der Waals surface area (Å²) in [5.41, 5.74) is 0.724. The monoisotopic (exact) mass is 305 g/mol. The minimum atomic E-state index is -3.68. The van der Waals surface area contributed by atoms with E-state index in [9.17, 15) is 8.42 Å². The van der Waals surface area contributed by atoms with Gasteiger partial charge in [-0.2, -0.15) is 0 Å². The van der Waals surface area contributed by atoms with Crippen molar-refractivity contribution < 1.29 is 8.42 Å². The first kappa shape index (κ1) is 10.9. The van der Waals surface area contributed by atoms with E-state index >= 15 is 0 Å². The van der Waals surface area contributed by atoms with Crippen LogP contribution in [0.3, 0.4) is 0 Å². The van der Waals surface area contributed by atoms with Gasteiger partial charge in [-0.05, 0) is 40.2 Å². The van der Waals surface area contributed by atoms with E-state index in [0.29, 0.717) is 0 Å². The van der Waals surface area contributed by atoms with E-state index in [-0.39, 0.29) is 4.90 Å². The number of benzene rings is 1. The molecule has 78 valence electrons. The van der Waals surface area contributed by atoms with Gasteiger partial charge in [-0.15, -0.1) is 0 Å². The van der Waals surface area contributed by atoms with Crippen LogP contribution in [-0.4, -0.2) is 13.4 Å². The molecule has 1 heterocycles. The fourth-order valence-electron chi connectivity index (χ4n) is 1.23. The summed E-state index contributed by atoms with van der Waals surface area (Å²) >= 11 is 3.26. The molecule has 1 aromatic heterocycles. The second-order valence-corrected chi connectivity index (χ2v) is 6.43. The molecule has 3 nitrogen and oxygen atoms in total. The Morgan fingerprint density at radius 1 is 1.27 bits per heavy atom. The molecule has 0 saturated carbocycles. The molecule has 0 radical (unpaired) electrons. The number of pyridine rings is 1. The average molecular weight is 307 g/mol. The molecule has 2 aromatic rings. The first-order valence-corrected chi connectivity index (χ1v) is 7.07.